The number of non-ortho nitro benzene ring substituents is 1. The summed E-state index contributed by atoms with van der Waals surface area (Å²) in [5.41, 5.74) is 1.91. The van der Waals surface area contributed by atoms with E-state index in [9.17, 15) is 20.2 Å². The quantitative estimate of drug-likeness (QED) is 0.187. The Labute approximate surface area is 198 Å². The number of nitrogens with one attached hydrogen (secondary N) is 1. The van der Waals surface area contributed by atoms with Gasteiger partial charge in [-0.25, -0.2) is 0 Å². The molecule has 1 N–H and O–H groups in total. The number of hydrogen-bond acceptors (Lipinski definition) is 6. The summed E-state index contributed by atoms with van der Waals surface area (Å²) >= 11 is 3.39. The second-order valence-electron chi connectivity index (χ2n) is 6.72. The molecule has 0 aromatic heterocycles. The molecule has 1 amide bonds. The van der Waals surface area contributed by atoms with Crippen LogP contribution in [0.4, 0.5) is 11.4 Å². The molecular formula is C24H18BrN3O5. The smallest absolute Gasteiger partial charge is 0.269 e. The van der Waals surface area contributed by atoms with Crippen molar-refractivity contribution in [2.75, 3.05) is 19.0 Å². The van der Waals surface area contributed by atoms with Crippen LogP contribution in [0.25, 0.3) is 11.6 Å². The molecule has 3 rings (SSSR count). The molecule has 3 aromatic rings. The molecule has 0 radical (unpaired) electrons. The number of nitro groups is 1. The Morgan fingerprint density at radius 3 is 2.45 bits per heavy atom. The molecule has 9 heteroatoms. The van der Waals surface area contributed by atoms with E-state index in [1.54, 1.807) is 55.7 Å². The van der Waals surface area contributed by atoms with Gasteiger partial charge in [0.2, 0.25) is 0 Å². The summed E-state index contributed by atoms with van der Waals surface area (Å²) in [6.07, 6.45) is 1.60. The van der Waals surface area contributed by atoms with Gasteiger partial charge in [-0.2, -0.15) is 5.26 Å². The van der Waals surface area contributed by atoms with Gasteiger partial charge in [0.25, 0.3) is 11.6 Å². The highest BCUT2D eigenvalue weighted by molar-refractivity contribution is 9.10. The molecule has 0 aliphatic rings. The van der Waals surface area contributed by atoms with Crippen molar-refractivity contribution < 1.29 is 19.2 Å². The lowest BCUT2D eigenvalue weighted by Crippen LogP contribution is -2.20. The van der Waals surface area contributed by atoms with Gasteiger partial charge in [0.1, 0.15) is 11.5 Å². The molecule has 0 saturated heterocycles. The van der Waals surface area contributed by atoms with Gasteiger partial charge >= 0.3 is 0 Å². The number of amides is 1. The van der Waals surface area contributed by atoms with Gasteiger partial charge in [-0.15, -0.1) is 0 Å². The molecule has 0 atom stereocenters. The molecule has 0 aliphatic carbocycles. The molecule has 0 saturated carbocycles. The number of carbonyl (C=O) groups excluding carboxylic acids is 1. The second kappa shape index (κ2) is 10.9. The summed E-state index contributed by atoms with van der Waals surface area (Å²) in [6, 6.07) is 19.9. The molecule has 0 spiro atoms. The summed E-state index contributed by atoms with van der Waals surface area (Å²) in [5, 5.41) is 23.2. The third-order valence-corrected chi connectivity index (χ3v) is 5.01. The molecule has 3 aromatic carbocycles. The van der Waals surface area contributed by atoms with Crippen LogP contribution >= 0.6 is 15.9 Å². The van der Waals surface area contributed by atoms with E-state index in [0.717, 1.165) is 4.47 Å². The number of nitro benzene ring substituents is 1. The van der Waals surface area contributed by atoms with E-state index in [2.05, 4.69) is 27.3 Å². The Kier molecular flexibility index (Phi) is 7.78. The minimum atomic E-state index is -0.503. The molecule has 0 aliphatic heterocycles. The number of carbonyl (C=O) groups is 1. The van der Waals surface area contributed by atoms with Crippen molar-refractivity contribution in [2.24, 2.45) is 0 Å². The predicted octanol–water partition coefficient (Wildman–Crippen LogP) is 5.45. The van der Waals surface area contributed by atoms with E-state index in [1.165, 1.54) is 24.3 Å². The van der Waals surface area contributed by atoms with Crippen molar-refractivity contribution in [3.63, 3.8) is 0 Å². The third-order valence-electron chi connectivity index (χ3n) is 4.51. The fourth-order valence-corrected chi connectivity index (χ4v) is 3.26. The maximum absolute atomic E-state index is 12.3. The molecule has 0 unspecified atom stereocenters. The average Bonchev–Trinajstić information content (AvgIpc) is 2.82. The molecule has 33 heavy (non-hydrogen) atoms. The van der Waals surface area contributed by atoms with E-state index < -0.39 is 4.92 Å². The van der Waals surface area contributed by atoms with Gasteiger partial charge in [-0.3, -0.25) is 14.9 Å². The van der Waals surface area contributed by atoms with Gasteiger partial charge in [0.05, 0.1) is 23.7 Å². The first-order valence-electron chi connectivity index (χ1n) is 9.62. The standard InChI is InChI=1S/C24H18BrN3O5/c1-32-22-9-5-20(6-10-22)27-24(29)15-33-23-11-4-19(25)13-17(23)12-18(14-26)16-2-7-21(8-3-16)28(30)31/h2-13H,15H2,1H3,(H,27,29)/b18-12-. The number of rotatable bonds is 8. The third kappa shape index (κ3) is 6.41. The normalized spacial score (nSPS) is 10.8. The van der Waals surface area contributed by atoms with Gasteiger partial charge in [-0.05, 0) is 66.2 Å². The molecular weight excluding hydrogens is 490 g/mol. The number of halogens is 1. The number of ether oxygens (including phenoxy) is 2. The number of methoxy groups -OCH3 is 1. The Hall–Kier alpha value is -4.16. The molecule has 0 heterocycles. The lowest BCUT2D eigenvalue weighted by molar-refractivity contribution is -0.384. The predicted molar refractivity (Wildman–Crippen MR) is 128 cm³/mol. The summed E-state index contributed by atoms with van der Waals surface area (Å²) in [7, 11) is 1.56. The maximum atomic E-state index is 12.3. The van der Waals surface area contributed by atoms with Crippen LogP contribution in [-0.4, -0.2) is 24.5 Å². The van der Waals surface area contributed by atoms with E-state index in [1.807, 2.05) is 0 Å². The first kappa shape index (κ1) is 23.5. The first-order chi connectivity index (χ1) is 15.9. The van der Waals surface area contributed by atoms with Gasteiger partial charge in [0.15, 0.2) is 6.61 Å². The van der Waals surface area contributed by atoms with Crippen molar-refractivity contribution >= 4 is 44.9 Å². The van der Waals surface area contributed by atoms with Crippen molar-refractivity contribution in [3.8, 4) is 17.6 Å². The van der Waals surface area contributed by atoms with Crippen molar-refractivity contribution in [3.05, 3.63) is 92.4 Å². The van der Waals surface area contributed by atoms with Crippen LogP contribution in [0.2, 0.25) is 0 Å². The monoisotopic (exact) mass is 507 g/mol. The first-order valence-corrected chi connectivity index (χ1v) is 10.4. The van der Waals surface area contributed by atoms with Crippen LogP contribution in [0, 0.1) is 21.4 Å². The van der Waals surface area contributed by atoms with Crippen molar-refractivity contribution in [1.29, 1.82) is 5.26 Å². The Morgan fingerprint density at radius 1 is 1.15 bits per heavy atom. The lowest BCUT2D eigenvalue weighted by atomic mass is 10.0. The van der Waals surface area contributed by atoms with Crippen LogP contribution in [0.5, 0.6) is 11.5 Å². The summed E-state index contributed by atoms with van der Waals surface area (Å²) < 4.78 is 11.5. The zero-order valence-corrected chi connectivity index (χ0v) is 19.0. The van der Waals surface area contributed by atoms with Gasteiger partial charge < -0.3 is 14.8 Å². The number of allylic oxidation sites excluding steroid dienone is 1. The zero-order chi connectivity index (χ0) is 23.8. The molecule has 8 nitrogen and oxygen atoms in total. The highest BCUT2D eigenvalue weighted by Crippen LogP contribution is 2.28. The number of anilines is 1. The summed E-state index contributed by atoms with van der Waals surface area (Å²) in [4.78, 5) is 22.7. The maximum Gasteiger partial charge on any atom is 0.269 e. The Balaban J connectivity index is 1.76. The Bertz CT molecular complexity index is 1230. The van der Waals surface area contributed by atoms with Crippen LogP contribution in [0.15, 0.2) is 71.2 Å². The van der Waals surface area contributed by atoms with Crippen LogP contribution < -0.4 is 14.8 Å². The van der Waals surface area contributed by atoms with Crippen molar-refractivity contribution in [2.45, 2.75) is 0 Å². The van der Waals surface area contributed by atoms with E-state index in [-0.39, 0.29) is 23.8 Å². The summed E-state index contributed by atoms with van der Waals surface area (Å²) in [5.74, 6) is 0.725. The largest absolute Gasteiger partial charge is 0.497 e. The second-order valence-corrected chi connectivity index (χ2v) is 7.64. The van der Waals surface area contributed by atoms with Crippen molar-refractivity contribution in [1.82, 2.24) is 0 Å². The molecule has 166 valence electrons. The lowest BCUT2D eigenvalue weighted by Gasteiger charge is -2.11. The van der Waals surface area contributed by atoms with Crippen LogP contribution in [-0.2, 0) is 4.79 Å². The topological polar surface area (TPSA) is 114 Å². The molecule has 0 bridgehead atoms. The van der Waals surface area contributed by atoms with Crippen LogP contribution in [0.3, 0.4) is 0 Å². The minimum Gasteiger partial charge on any atom is -0.497 e. The number of nitrogens with zero attached hydrogens (tertiary/aromatic N) is 2. The highest BCUT2D eigenvalue weighted by atomic mass is 79.9. The van der Waals surface area contributed by atoms with Gasteiger partial charge in [0, 0.05) is 27.9 Å². The SMILES string of the molecule is COc1ccc(NC(=O)COc2ccc(Br)cc2/C=C(/C#N)c2ccc([N+](=O)[O-])cc2)cc1. The fourth-order valence-electron chi connectivity index (χ4n) is 2.88. The molecule has 0 fully saturated rings. The van der Waals surface area contributed by atoms with E-state index in [0.29, 0.717) is 28.3 Å². The van der Waals surface area contributed by atoms with E-state index in [4.69, 9.17) is 9.47 Å². The number of benzene rings is 3. The Morgan fingerprint density at radius 2 is 1.85 bits per heavy atom. The number of hydrogen-bond donors (Lipinski definition) is 1. The fraction of sp³-hybridized carbons (Fsp3) is 0.0833. The van der Waals surface area contributed by atoms with E-state index >= 15 is 0 Å². The summed E-state index contributed by atoms with van der Waals surface area (Å²) in [6.45, 7) is -0.242. The van der Waals surface area contributed by atoms with Gasteiger partial charge in [-0.1, -0.05) is 15.9 Å². The van der Waals surface area contributed by atoms with Crippen LogP contribution in [0.1, 0.15) is 11.1 Å². The highest BCUT2D eigenvalue weighted by Gasteiger charge is 2.11. The zero-order valence-electron chi connectivity index (χ0n) is 17.4. The average molecular weight is 508 g/mol. The minimum absolute atomic E-state index is 0.0645. The number of nitriles is 1.